The van der Waals surface area contributed by atoms with Crippen LogP contribution in [0.3, 0.4) is 0 Å². The Balaban J connectivity index is 1.79. The van der Waals surface area contributed by atoms with Gasteiger partial charge in [-0.15, -0.1) is 0 Å². The summed E-state index contributed by atoms with van der Waals surface area (Å²) >= 11 is 6.53. The van der Waals surface area contributed by atoms with Gasteiger partial charge in [-0.3, -0.25) is 4.79 Å². The molecular formula is C22H27ClN2O. The number of nitrogens with one attached hydrogen (secondary N) is 1. The molecule has 3 nitrogen and oxygen atoms in total. The molecule has 1 aliphatic heterocycles. The normalized spacial score (nSPS) is 14.1. The smallest absolute Gasteiger partial charge is 0.224 e. The van der Waals surface area contributed by atoms with Gasteiger partial charge in [0.1, 0.15) is 0 Å². The Hall–Kier alpha value is -2.00. The van der Waals surface area contributed by atoms with E-state index in [1.807, 2.05) is 13.0 Å². The highest BCUT2D eigenvalue weighted by atomic mass is 35.5. The average Bonchev–Trinajstić information content (AvgIpc) is 2.56. The molecule has 1 heterocycles. The summed E-state index contributed by atoms with van der Waals surface area (Å²) in [5, 5.41) is 3.59. The molecule has 2 aromatic carbocycles. The van der Waals surface area contributed by atoms with Gasteiger partial charge in [0.2, 0.25) is 5.91 Å². The molecule has 1 aliphatic rings. The molecule has 0 radical (unpaired) electrons. The minimum Gasteiger partial charge on any atom is -0.367 e. The first kappa shape index (κ1) is 18.8. The summed E-state index contributed by atoms with van der Waals surface area (Å²) in [6, 6.07) is 12.7. The highest BCUT2D eigenvalue weighted by Gasteiger charge is 2.20. The van der Waals surface area contributed by atoms with Gasteiger partial charge in [0, 0.05) is 25.2 Å². The molecule has 2 aromatic rings. The molecule has 0 spiro atoms. The van der Waals surface area contributed by atoms with Crippen LogP contribution in [-0.2, 0) is 17.8 Å². The summed E-state index contributed by atoms with van der Waals surface area (Å²) in [6.07, 6.45) is 1.50. The number of amides is 1. The zero-order chi connectivity index (χ0) is 18.9. The molecule has 0 saturated carbocycles. The summed E-state index contributed by atoms with van der Waals surface area (Å²) in [5.41, 5.74) is 5.57. The Kier molecular flexibility index (Phi) is 5.29. The number of nitrogens with zero attached hydrogens (tertiary/aromatic N) is 1. The molecule has 0 atom stereocenters. The van der Waals surface area contributed by atoms with E-state index >= 15 is 0 Å². The van der Waals surface area contributed by atoms with Crippen LogP contribution < -0.4 is 10.2 Å². The number of anilines is 2. The van der Waals surface area contributed by atoms with Crippen molar-refractivity contribution >= 4 is 28.9 Å². The van der Waals surface area contributed by atoms with E-state index < -0.39 is 0 Å². The predicted molar refractivity (Wildman–Crippen MR) is 110 cm³/mol. The molecular weight excluding hydrogens is 344 g/mol. The maximum Gasteiger partial charge on any atom is 0.224 e. The van der Waals surface area contributed by atoms with Gasteiger partial charge in [-0.2, -0.15) is 0 Å². The van der Waals surface area contributed by atoms with Crippen LogP contribution in [0.4, 0.5) is 11.4 Å². The molecule has 26 heavy (non-hydrogen) atoms. The fourth-order valence-electron chi connectivity index (χ4n) is 3.45. The molecule has 0 saturated heterocycles. The van der Waals surface area contributed by atoms with Gasteiger partial charge >= 0.3 is 0 Å². The molecule has 4 heteroatoms. The highest BCUT2D eigenvalue weighted by molar-refractivity contribution is 6.34. The third-order valence-corrected chi connectivity index (χ3v) is 5.02. The van der Waals surface area contributed by atoms with Gasteiger partial charge in [0.25, 0.3) is 0 Å². The van der Waals surface area contributed by atoms with Crippen molar-refractivity contribution < 1.29 is 4.79 Å². The van der Waals surface area contributed by atoms with Crippen LogP contribution in [0.5, 0.6) is 0 Å². The molecule has 0 unspecified atom stereocenters. The number of carbonyl (C=O) groups is 1. The van der Waals surface area contributed by atoms with E-state index in [1.165, 1.54) is 11.1 Å². The molecule has 0 aliphatic carbocycles. The van der Waals surface area contributed by atoms with E-state index in [1.54, 1.807) is 0 Å². The molecule has 3 rings (SSSR count). The lowest BCUT2D eigenvalue weighted by Gasteiger charge is -2.31. The van der Waals surface area contributed by atoms with E-state index in [0.29, 0.717) is 11.4 Å². The van der Waals surface area contributed by atoms with Crippen LogP contribution >= 0.6 is 11.6 Å². The maximum atomic E-state index is 12.3. The molecule has 1 N–H and O–H groups in total. The van der Waals surface area contributed by atoms with E-state index in [0.717, 1.165) is 36.4 Å². The summed E-state index contributed by atoms with van der Waals surface area (Å²) in [7, 11) is 0. The van der Waals surface area contributed by atoms with Gasteiger partial charge in [0.15, 0.2) is 0 Å². The lowest BCUT2D eigenvalue weighted by atomic mass is 9.92. The minimum absolute atomic E-state index is 0.00199. The first-order valence-electron chi connectivity index (χ1n) is 9.15. The zero-order valence-corrected chi connectivity index (χ0v) is 16.8. The Morgan fingerprint density at radius 3 is 2.54 bits per heavy atom. The first-order chi connectivity index (χ1) is 12.2. The van der Waals surface area contributed by atoms with Crippen molar-refractivity contribution in [2.24, 2.45) is 5.41 Å². The number of benzene rings is 2. The minimum atomic E-state index is -0.0500. The Morgan fingerprint density at radius 1 is 1.19 bits per heavy atom. The summed E-state index contributed by atoms with van der Waals surface area (Å²) in [4.78, 5) is 14.6. The van der Waals surface area contributed by atoms with Crippen molar-refractivity contribution in [3.63, 3.8) is 0 Å². The fraction of sp³-hybridized carbons (Fsp3) is 0.409. The largest absolute Gasteiger partial charge is 0.367 e. The van der Waals surface area contributed by atoms with E-state index in [-0.39, 0.29) is 11.3 Å². The molecule has 138 valence electrons. The van der Waals surface area contributed by atoms with Crippen LogP contribution in [0.25, 0.3) is 0 Å². The third-order valence-electron chi connectivity index (χ3n) is 4.72. The monoisotopic (exact) mass is 370 g/mol. The molecule has 0 fully saturated rings. The fourth-order valence-corrected chi connectivity index (χ4v) is 3.76. The Labute approximate surface area is 161 Å². The van der Waals surface area contributed by atoms with Crippen LogP contribution in [-0.4, -0.2) is 12.5 Å². The van der Waals surface area contributed by atoms with Crippen LogP contribution in [0.1, 0.15) is 43.9 Å². The molecule has 1 amide bonds. The van der Waals surface area contributed by atoms with Gasteiger partial charge in [-0.25, -0.2) is 0 Å². The van der Waals surface area contributed by atoms with E-state index in [2.05, 4.69) is 61.3 Å². The van der Waals surface area contributed by atoms with E-state index in [9.17, 15) is 4.79 Å². The number of hydrogen-bond acceptors (Lipinski definition) is 2. The van der Waals surface area contributed by atoms with E-state index in [4.69, 9.17) is 11.6 Å². The van der Waals surface area contributed by atoms with Gasteiger partial charge < -0.3 is 10.2 Å². The standard InChI is InChI=1S/C22H27ClN2O/c1-15-11-18(25-10-9-16-7-5-6-8-17(16)14-25)12-19(23)21(15)24-20(26)13-22(2,3)4/h5-8,11-12H,9-10,13-14H2,1-4H3,(H,24,26). The Morgan fingerprint density at radius 2 is 1.88 bits per heavy atom. The number of aryl methyl sites for hydroxylation is 1. The number of carbonyl (C=O) groups excluding carboxylic acids is 1. The lowest BCUT2D eigenvalue weighted by molar-refractivity contribution is -0.117. The molecule has 0 aromatic heterocycles. The van der Waals surface area contributed by atoms with Gasteiger partial charge in [0.05, 0.1) is 10.7 Å². The highest BCUT2D eigenvalue weighted by Crippen LogP contribution is 2.34. The SMILES string of the molecule is Cc1cc(N2CCc3ccccc3C2)cc(Cl)c1NC(=O)CC(C)(C)C. The van der Waals surface area contributed by atoms with Gasteiger partial charge in [-0.1, -0.05) is 56.6 Å². The molecule has 0 bridgehead atoms. The summed E-state index contributed by atoms with van der Waals surface area (Å²) in [5.74, 6) is 0.00199. The van der Waals surface area contributed by atoms with Crippen LogP contribution in [0, 0.1) is 12.3 Å². The van der Waals surface area contributed by atoms with Crippen LogP contribution in [0.15, 0.2) is 36.4 Å². The topological polar surface area (TPSA) is 32.3 Å². The van der Waals surface area contributed by atoms with Crippen molar-refractivity contribution in [3.05, 3.63) is 58.1 Å². The predicted octanol–water partition coefficient (Wildman–Crippen LogP) is 5.59. The summed E-state index contributed by atoms with van der Waals surface area (Å²) < 4.78 is 0. The lowest BCUT2D eigenvalue weighted by Crippen LogP contribution is -2.30. The second kappa shape index (κ2) is 7.32. The Bertz CT molecular complexity index is 800. The van der Waals surface area contributed by atoms with Crippen molar-refractivity contribution in [3.8, 4) is 0 Å². The summed E-state index contributed by atoms with van der Waals surface area (Å²) in [6.45, 7) is 10.0. The first-order valence-corrected chi connectivity index (χ1v) is 9.52. The number of fused-ring (bicyclic) bond motifs is 1. The van der Waals surface area contributed by atoms with Crippen molar-refractivity contribution in [1.29, 1.82) is 0 Å². The van der Waals surface area contributed by atoms with Crippen molar-refractivity contribution in [2.45, 2.75) is 47.1 Å². The second-order valence-electron chi connectivity index (χ2n) is 8.35. The quantitative estimate of drug-likeness (QED) is 0.764. The van der Waals surface area contributed by atoms with Crippen LogP contribution in [0.2, 0.25) is 5.02 Å². The maximum absolute atomic E-state index is 12.3. The third kappa shape index (κ3) is 4.39. The van der Waals surface area contributed by atoms with Crippen molar-refractivity contribution in [2.75, 3.05) is 16.8 Å². The zero-order valence-electron chi connectivity index (χ0n) is 16.0. The number of hydrogen-bond donors (Lipinski definition) is 1. The second-order valence-corrected chi connectivity index (χ2v) is 8.75. The van der Waals surface area contributed by atoms with Gasteiger partial charge in [-0.05, 0) is 47.6 Å². The van der Waals surface area contributed by atoms with Crippen molar-refractivity contribution in [1.82, 2.24) is 0 Å². The number of rotatable bonds is 3. The number of halogens is 1. The average molecular weight is 371 g/mol.